The summed E-state index contributed by atoms with van der Waals surface area (Å²) >= 11 is 0. The van der Waals surface area contributed by atoms with Crippen LogP contribution in [0.25, 0.3) is 10.9 Å². The van der Waals surface area contributed by atoms with E-state index in [4.69, 9.17) is 9.97 Å². The standard InChI is InChI=1S/C17H15N3/c1-12-14-7-3-4-8-15(14)19-17(18-12)20-11-10-13-6-2-5-9-16(13)20/h2-9H,10-11H2,1H3. The predicted molar refractivity (Wildman–Crippen MR) is 81.4 cm³/mol. The van der Waals surface area contributed by atoms with E-state index >= 15 is 0 Å². The van der Waals surface area contributed by atoms with E-state index in [1.807, 2.05) is 12.1 Å². The molecule has 20 heavy (non-hydrogen) atoms. The third-order valence-corrected chi connectivity index (χ3v) is 3.91. The molecule has 1 aromatic heterocycles. The fourth-order valence-electron chi connectivity index (χ4n) is 2.89. The van der Waals surface area contributed by atoms with Crippen LogP contribution < -0.4 is 4.90 Å². The highest BCUT2D eigenvalue weighted by atomic mass is 15.3. The average Bonchev–Trinajstić information content (AvgIpc) is 2.91. The van der Waals surface area contributed by atoms with E-state index < -0.39 is 0 Å². The number of hydrogen-bond acceptors (Lipinski definition) is 3. The molecule has 3 aromatic rings. The van der Waals surface area contributed by atoms with Crippen LogP contribution in [0.4, 0.5) is 11.6 Å². The third-order valence-electron chi connectivity index (χ3n) is 3.91. The molecular formula is C17H15N3. The van der Waals surface area contributed by atoms with Gasteiger partial charge in [-0.25, -0.2) is 9.97 Å². The van der Waals surface area contributed by atoms with Crippen molar-refractivity contribution in [2.24, 2.45) is 0 Å². The zero-order valence-corrected chi connectivity index (χ0v) is 11.4. The molecule has 0 N–H and O–H groups in total. The van der Waals surface area contributed by atoms with E-state index in [0.717, 1.165) is 35.5 Å². The Balaban J connectivity index is 1.88. The van der Waals surface area contributed by atoms with Gasteiger partial charge in [-0.3, -0.25) is 0 Å². The summed E-state index contributed by atoms with van der Waals surface area (Å²) in [5.74, 6) is 0.811. The molecule has 1 aliphatic heterocycles. The molecular weight excluding hydrogens is 246 g/mol. The third kappa shape index (κ3) is 1.67. The van der Waals surface area contributed by atoms with Gasteiger partial charge < -0.3 is 4.90 Å². The van der Waals surface area contributed by atoms with Gasteiger partial charge >= 0.3 is 0 Å². The highest BCUT2D eigenvalue weighted by Gasteiger charge is 2.22. The maximum absolute atomic E-state index is 4.73. The molecule has 1 aliphatic rings. The number of aromatic nitrogens is 2. The molecule has 0 bridgehead atoms. The van der Waals surface area contributed by atoms with Crippen LogP contribution >= 0.6 is 0 Å². The van der Waals surface area contributed by atoms with Crippen molar-refractivity contribution in [3.05, 3.63) is 59.8 Å². The summed E-state index contributed by atoms with van der Waals surface area (Å²) in [6, 6.07) is 16.7. The van der Waals surface area contributed by atoms with E-state index in [1.54, 1.807) is 0 Å². The number of aryl methyl sites for hydroxylation is 1. The Morgan fingerprint density at radius 1 is 0.950 bits per heavy atom. The van der Waals surface area contributed by atoms with Crippen molar-refractivity contribution in [1.29, 1.82) is 0 Å². The molecule has 0 spiro atoms. The Kier molecular flexibility index (Phi) is 2.46. The topological polar surface area (TPSA) is 29.0 Å². The van der Waals surface area contributed by atoms with Crippen LogP contribution in [0, 0.1) is 6.92 Å². The van der Waals surface area contributed by atoms with Crippen molar-refractivity contribution in [2.45, 2.75) is 13.3 Å². The van der Waals surface area contributed by atoms with E-state index in [1.165, 1.54) is 11.3 Å². The number of nitrogens with zero attached hydrogens (tertiary/aromatic N) is 3. The molecule has 0 atom stereocenters. The van der Waals surface area contributed by atoms with Crippen LogP contribution in [0.15, 0.2) is 48.5 Å². The number of anilines is 2. The molecule has 3 nitrogen and oxygen atoms in total. The van der Waals surface area contributed by atoms with Gasteiger partial charge in [0.25, 0.3) is 0 Å². The van der Waals surface area contributed by atoms with Gasteiger partial charge in [0.1, 0.15) is 0 Å². The fourth-order valence-corrected chi connectivity index (χ4v) is 2.89. The first-order valence-corrected chi connectivity index (χ1v) is 6.92. The maximum atomic E-state index is 4.73. The number of benzene rings is 2. The zero-order chi connectivity index (χ0) is 13.5. The van der Waals surface area contributed by atoms with E-state index in [9.17, 15) is 0 Å². The highest BCUT2D eigenvalue weighted by molar-refractivity contribution is 5.82. The van der Waals surface area contributed by atoms with Crippen molar-refractivity contribution >= 4 is 22.5 Å². The monoisotopic (exact) mass is 261 g/mol. The first kappa shape index (κ1) is 11.4. The van der Waals surface area contributed by atoms with Crippen molar-refractivity contribution in [2.75, 3.05) is 11.4 Å². The predicted octanol–water partition coefficient (Wildman–Crippen LogP) is 3.63. The minimum absolute atomic E-state index is 0.811. The van der Waals surface area contributed by atoms with Gasteiger partial charge in [0, 0.05) is 17.6 Å². The average molecular weight is 261 g/mol. The highest BCUT2D eigenvalue weighted by Crippen LogP contribution is 2.33. The molecule has 0 unspecified atom stereocenters. The van der Waals surface area contributed by atoms with Gasteiger partial charge in [-0.1, -0.05) is 36.4 Å². The summed E-state index contributed by atoms with van der Waals surface area (Å²) in [5, 5.41) is 1.13. The van der Waals surface area contributed by atoms with Crippen molar-refractivity contribution < 1.29 is 0 Å². The zero-order valence-electron chi connectivity index (χ0n) is 11.4. The summed E-state index contributed by atoms with van der Waals surface area (Å²) in [4.78, 5) is 11.6. The van der Waals surface area contributed by atoms with Crippen LogP contribution in [0.1, 0.15) is 11.3 Å². The van der Waals surface area contributed by atoms with Crippen LogP contribution in [-0.2, 0) is 6.42 Å². The Morgan fingerprint density at radius 3 is 2.70 bits per heavy atom. The van der Waals surface area contributed by atoms with E-state index in [2.05, 4.69) is 48.2 Å². The molecule has 0 amide bonds. The van der Waals surface area contributed by atoms with Gasteiger partial charge in [0.05, 0.1) is 11.2 Å². The lowest BCUT2D eigenvalue weighted by Crippen LogP contribution is -2.16. The Labute approximate surface area is 117 Å². The lowest BCUT2D eigenvalue weighted by atomic mass is 10.2. The Hall–Kier alpha value is -2.42. The van der Waals surface area contributed by atoms with Gasteiger partial charge in [-0.05, 0) is 31.0 Å². The number of fused-ring (bicyclic) bond motifs is 2. The molecule has 98 valence electrons. The summed E-state index contributed by atoms with van der Waals surface area (Å²) in [7, 11) is 0. The van der Waals surface area contributed by atoms with Gasteiger partial charge in [0.2, 0.25) is 5.95 Å². The number of hydrogen-bond donors (Lipinski definition) is 0. The molecule has 2 heterocycles. The second-order valence-electron chi connectivity index (χ2n) is 5.16. The minimum Gasteiger partial charge on any atom is -0.310 e. The number of para-hydroxylation sites is 2. The maximum Gasteiger partial charge on any atom is 0.230 e. The Morgan fingerprint density at radius 2 is 1.75 bits per heavy atom. The lowest BCUT2D eigenvalue weighted by molar-refractivity contribution is 0.940. The fraction of sp³-hybridized carbons (Fsp3) is 0.176. The number of rotatable bonds is 1. The van der Waals surface area contributed by atoms with E-state index in [0.29, 0.717) is 0 Å². The van der Waals surface area contributed by atoms with Crippen LogP contribution in [0.2, 0.25) is 0 Å². The molecule has 0 saturated carbocycles. The summed E-state index contributed by atoms with van der Waals surface area (Å²) in [5.41, 5.74) is 4.67. The SMILES string of the molecule is Cc1nc(N2CCc3ccccc32)nc2ccccc12. The van der Waals surface area contributed by atoms with E-state index in [-0.39, 0.29) is 0 Å². The molecule has 0 aliphatic carbocycles. The summed E-state index contributed by atoms with van der Waals surface area (Å²) in [6.45, 7) is 3.01. The van der Waals surface area contributed by atoms with Gasteiger partial charge in [-0.15, -0.1) is 0 Å². The molecule has 3 heteroatoms. The van der Waals surface area contributed by atoms with Crippen LogP contribution in [-0.4, -0.2) is 16.5 Å². The second-order valence-corrected chi connectivity index (χ2v) is 5.16. The first-order valence-electron chi connectivity index (χ1n) is 6.92. The Bertz CT molecular complexity index is 795. The largest absolute Gasteiger partial charge is 0.310 e. The molecule has 2 aromatic carbocycles. The summed E-state index contributed by atoms with van der Waals surface area (Å²) < 4.78 is 0. The quantitative estimate of drug-likeness (QED) is 0.669. The van der Waals surface area contributed by atoms with Crippen molar-refractivity contribution in [3.8, 4) is 0 Å². The van der Waals surface area contributed by atoms with Gasteiger partial charge in [0.15, 0.2) is 0 Å². The van der Waals surface area contributed by atoms with Crippen molar-refractivity contribution in [3.63, 3.8) is 0 Å². The second kappa shape index (κ2) is 4.30. The van der Waals surface area contributed by atoms with Gasteiger partial charge in [-0.2, -0.15) is 0 Å². The smallest absolute Gasteiger partial charge is 0.230 e. The molecule has 0 radical (unpaired) electrons. The molecule has 0 saturated heterocycles. The molecule has 4 rings (SSSR count). The summed E-state index contributed by atoms with van der Waals surface area (Å²) in [6.07, 6.45) is 1.06. The van der Waals surface area contributed by atoms with Crippen molar-refractivity contribution in [1.82, 2.24) is 9.97 Å². The first-order chi connectivity index (χ1) is 9.83. The van der Waals surface area contributed by atoms with Crippen LogP contribution in [0.5, 0.6) is 0 Å². The normalized spacial score (nSPS) is 13.8. The van der Waals surface area contributed by atoms with Crippen LogP contribution in [0.3, 0.4) is 0 Å². The minimum atomic E-state index is 0.811. The molecule has 0 fully saturated rings. The lowest BCUT2D eigenvalue weighted by Gasteiger charge is -2.18.